The van der Waals surface area contributed by atoms with Crippen LogP contribution < -0.4 is 0 Å². The van der Waals surface area contributed by atoms with E-state index in [4.69, 9.17) is 5.11 Å². The van der Waals surface area contributed by atoms with Crippen LogP contribution in [0.1, 0.15) is 11.1 Å². The molecule has 0 atom stereocenters. The highest BCUT2D eigenvalue weighted by Gasteiger charge is 1.96. The van der Waals surface area contributed by atoms with Crippen LogP contribution in [0, 0.1) is 0 Å². The maximum absolute atomic E-state index is 9.30. The molecule has 0 aliphatic rings. The molecule has 0 fully saturated rings. The molecule has 0 unspecified atom stereocenters. The Labute approximate surface area is 259 Å². The molecule has 0 aliphatic heterocycles. The van der Waals surface area contributed by atoms with Crippen molar-refractivity contribution in [1.29, 1.82) is 0 Å². The Bertz CT molecular complexity index is 1620. The van der Waals surface area contributed by atoms with Crippen LogP contribution in [-0.2, 0) is 0 Å². The maximum Gasteiger partial charge on any atom is 0.119 e. The van der Waals surface area contributed by atoms with Gasteiger partial charge >= 0.3 is 0 Å². The van der Waals surface area contributed by atoms with Gasteiger partial charge in [-0.15, -0.1) is 0 Å². The van der Waals surface area contributed by atoms with Gasteiger partial charge in [0.05, 0.1) is 22.7 Å². The third-order valence-electron chi connectivity index (χ3n) is 5.50. The summed E-state index contributed by atoms with van der Waals surface area (Å²) in [5.74, 6) is 0.267. The van der Waals surface area contributed by atoms with E-state index in [1.807, 2.05) is 6.08 Å². The Balaban J connectivity index is 0.000000155. The topological polar surface area (TPSA) is 162 Å². The summed E-state index contributed by atoms with van der Waals surface area (Å²) in [5, 5.41) is 43.9. The van der Waals surface area contributed by atoms with E-state index in [-0.39, 0.29) is 17.2 Å². The van der Waals surface area contributed by atoms with E-state index in [1.165, 1.54) is 6.07 Å². The first-order chi connectivity index (χ1) is 22.0. The zero-order valence-electron chi connectivity index (χ0n) is 23.9. The molecular weight excluding hydrogens is 568 g/mol. The lowest BCUT2D eigenvalue weighted by molar-refractivity contribution is 0.450. The summed E-state index contributed by atoms with van der Waals surface area (Å²) in [6.07, 6.45) is 17.0. The van der Waals surface area contributed by atoms with Crippen molar-refractivity contribution in [3.63, 3.8) is 0 Å². The minimum absolute atomic E-state index is 0.0235. The lowest BCUT2D eigenvalue weighted by atomic mass is 10.1. The minimum Gasteiger partial charge on any atom is -0.508 e. The molecule has 11 heteroatoms. The molecule has 0 radical (unpaired) electrons. The van der Waals surface area contributed by atoms with Gasteiger partial charge in [0.15, 0.2) is 0 Å². The smallest absolute Gasteiger partial charge is 0.119 e. The van der Waals surface area contributed by atoms with Gasteiger partial charge in [-0.25, -0.2) is 0 Å². The van der Waals surface area contributed by atoms with Crippen LogP contribution in [0.4, 0.5) is 22.7 Å². The molecule has 6 aromatic rings. The first kappa shape index (κ1) is 31.3. The fourth-order valence-corrected chi connectivity index (χ4v) is 3.37. The van der Waals surface area contributed by atoms with Gasteiger partial charge in [0.25, 0.3) is 0 Å². The number of rotatable bonds is 6. The summed E-state index contributed by atoms with van der Waals surface area (Å²) >= 11 is 0. The monoisotopic (exact) mass is 596 g/mol. The zero-order valence-corrected chi connectivity index (χ0v) is 23.9. The van der Waals surface area contributed by atoms with Crippen LogP contribution in [0.2, 0.25) is 0 Å². The minimum atomic E-state index is 0.0235. The van der Waals surface area contributed by atoms with E-state index in [2.05, 4.69) is 40.4 Å². The number of aromatic nitrogens is 4. The molecule has 0 saturated heterocycles. The summed E-state index contributed by atoms with van der Waals surface area (Å²) in [6, 6.07) is 25.5. The van der Waals surface area contributed by atoms with Gasteiger partial charge < -0.3 is 15.3 Å². The fraction of sp³-hybridized carbons (Fsp3) is 0. The predicted octanol–water partition coefficient (Wildman–Crippen LogP) is 8.76. The number of phenolic OH excluding ortho intramolecular Hbond substituents is 3. The highest BCUT2D eigenvalue weighted by Crippen LogP contribution is 2.22. The molecule has 11 nitrogen and oxygen atoms in total. The Morgan fingerprint density at radius 3 is 1.00 bits per heavy atom. The SMILES string of the molecule is Oc1ccc(/C=C/c2cc(O)cc(O)c2)cc1.c1cc(N=Nc2ccncc2)ccn1.c1cc(N=Nc2ccncc2)ccn1. The highest BCUT2D eigenvalue weighted by molar-refractivity contribution is 5.71. The van der Waals surface area contributed by atoms with Gasteiger partial charge in [-0.3, -0.25) is 19.9 Å². The quantitative estimate of drug-likeness (QED) is 0.128. The molecule has 0 bridgehead atoms. The van der Waals surface area contributed by atoms with Crippen molar-refractivity contribution in [1.82, 2.24) is 19.9 Å². The molecule has 0 aliphatic carbocycles. The second-order valence-corrected chi connectivity index (χ2v) is 8.93. The molecule has 6 rings (SSSR count). The summed E-state index contributed by atoms with van der Waals surface area (Å²) < 4.78 is 0. The summed E-state index contributed by atoms with van der Waals surface area (Å²) in [5.41, 5.74) is 4.78. The number of nitrogens with zero attached hydrogens (tertiary/aromatic N) is 8. The first-order valence-corrected chi connectivity index (χ1v) is 13.5. The van der Waals surface area contributed by atoms with Gasteiger partial charge in [-0.1, -0.05) is 24.3 Å². The summed E-state index contributed by atoms with van der Waals surface area (Å²) in [7, 11) is 0. The Kier molecular flexibility index (Phi) is 12.1. The van der Waals surface area contributed by atoms with E-state index in [0.29, 0.717) is 5.56 Å². The number of pyridine rings is 4. The summed E-state index contributed by atoms with van der Waals surface area (Å²) in [4.78, 5) is 15.6. The number of azo groups is 2. The zero-order chi connectivity index (χ0) is 31.5. The van der Waals surface area contributed by atoms with E-state index in [0.717, 1.165) is 28.3 Å². The molecule has 0 saturated carbocycles. The number of benzene rings is 2. The molecule has 45 heavy (non-hydrogen) atoms. The third-order valence-corrected chi connectivity index (χ3v) is 5.50. The summed E-state index contributed by atoms with van der Waals surface area (Å²) in [6.45, 7) is 0. The molecule has 0 amide bonds. The molecule has 0 spiro atoms. The van der Waals surface area contributed by atoms with Gasteiger partial charge in [-0.05, 0) is 83.9 Å². The Morgan fingerprint density at radius 2 is 0.667 bits per heavy atom. The highest BCUT2D eigenvalue weighted by atomic mass is 16.3. The predicted molar refractivity (Wildman–Crippen MR) is 172 cm³/mol. The van der Waals surface area contributed by atoms with Crippen molar-refractivity contribution in [3.8, 4) is 17.2 Å². The average Bonchev–Trinajstić information content (AvgIpc) is 3.08. The van der Waals surface area contributed by atoms with Crippen molar-refractivity contribution >= 4 is 34.9 Å². The van der Waals surface area contributed by atoms with Crippen molar-refractivity contribution in [2.24, 2.45) is 20.5 Å². The number of aromatic hydroxyl groups is 3. The third kappa shape index (κ3) is 12.0. The van der Waals surface area contributed by atoms with Crippen LogP contribution >= 0.6 is 0 Å². The van der Waals surface area contributed by atoms with Crippen LogP contribution in [0.15, 0.2) is 161 Å². The fourth-order valence-electron chi connectivity index (χ4n) is 3.37. The number of hydrogen-bond donors (Lipinski definition) is 3. The van der Waals surface area contributed by atoms with E-state index in [1.54, 1.807) is 141 Å². The molecule has 3 N–H and O–H groups in total. The lowest BCUT2D eigenvalue weighted by Crippen LogP contribution is -1.74. The number of hydrogen-bond acceptors (Lipinski definition) is 11. The van der Waals surface area contributed by atoms with Crippen LogP contribution in [0.25, 0.3) is 12.2 Å². The lowest BCUT2D eigenvalue weighted by Gasteiger charge is -1.98. The normalized spacial score (nSPS) is 10.7. The van der Waals surface area contributed by atoms with Crippen molar-refractivity contribution < 1.29 is 15.3 Å². The van der Waals surface area contributed by atoms with Crippen LogP contribution in [0.3, 0.4) is 0 Å². The van der Waals surface area contributed by atoms with E-state index in [9.17, 15) is 10.2 Å². The van der Waals surface area contributed by atoms with Gasteiger partial charge in [0.2, 0.25) is 0 Å². The molecule has 2 aromatic carbocycles. The standard InChI is InChI=1S/C14H12O3.2C10H8N4/c15-12-5-3-10(4-6-12)1-2-11-7-13(16)9-14(17)8-11;2*1-5-11-6-2-9(1)13-14-10-3-7-12-8-4-10/h1-9,15-17H;2*1-8H/b2-1+;;. The van der Waals surface area contributed by atoms with E-state index < -0.39 is 0 Å². The number of phenols is 3. The van der Waals surface area contributed by atoms with E-state index >= 15 is 0 Å². The maximum atomic E-state index is 9.30. The second-order valence-electron chi connectivity index (χ2n) is 8.93. The molecule has 4 heterocycles. The largest absolute Gasteiger partial charge is 0.508 e. The molecular formula is C34H28N8O3. The van der Waals surface area contributed by atoms with Gasteiger partial charge in [-0.2, -0.15) is 20.5 Å². The Hall–Kier alpha value is -6.62. The Morgan fingerprint density at radius 1 is 0.356 bits per heavy atom. The van der Waals surface area contributed by atoms with Gasteiger partial charge in [0.1, 0.15) is 17.2 Å². The van der Waals surface area contributed by atoms with Crippen LogP contribution in [0.5, 0.6) is 17.2 Å². The second kappa shape index (κ2) is 17.4. The van der Waals surface area contributed by atoms with Crippen molar-refractivity contribution in [3.05, 3.63) is 152 Å². The van der Waals surface area contributed by atoms with Gasteiger partial charge in [0, 0.05) is 55.6 Å². The van der Waals surface area contributed by atoms with Crippen molar-refractivity contribution in [2.75, 3.05) is 0 Å². The molecule has 222 valence electrons. The van der Waals surface area contributed by atoms with Crippen LogP contribution in [-0.4, -0.2) is 35.3 Å². The average molecular weight is 597 g/mol. The first-order valence-electron chi connectivity index (χ1n) is 13.5. The molecule has 4 aromatic heterocycles. The van der Waals surface area contributed by atoms with Crippen molar-refractivity contribution in [2.45, 2.75) is 0 Å².